The molecule has 0 aromatic heterocycles. The van der Waals surface area contributed by atoms with E-state index in [1.54, 1.807) is 6.92 Å². The minimum atomic E-state index is -4.07. The van der Waals surface area contributed by atoms with Gasteiger partial charge in [-0.2, -0.15) is 12.7 Å². The van der Waals surface area contributed by atoms with Gasteiger partial charge in [0, 0.05) is 19.7 Å². The molecule has 21 heavy (non-hydrogen) atoms. The zero-order valence-electron chi connectivity index (χ0n) is 11.4. The molecular formula is C11H15N3O6S. The molecule has 2 N–H and O–H groups in total. The molecule has 0 amide bonds. The Morgan fingerprint density at radius 2 is 2.10 bits per heavy atom. The van der Waals surface area contributed by atoms with Gasteiger partial charge in [0.1, 0.15) is 5.69 Å². The maximum atomic E-state index is 12.0. The van der Waals surface area contributed by atoms with E-state index in [0.29, 0.717) is 5.56 Å². The van der Waals surface area contributed by atoms with Crippen LogP contribution in [0.25, 0.3) is 0 Å². The molecule has 9 nitrogen and oxygen atoms in total. The van der Waals surface area contributed by atoms with Gasteiger partial charge in [-0.25, -0.2) is 0 Å². The number of aliphatic carboxylic acids is 1. The molecule has 0 spiro atoms. The predicted octanol–water partition coefficient (Wildman–Crippen LogP) is 0.966. The lowest BCUT2D eigenvalue weighted by Crippen LogP contribution is -2.34. The van der Waals surface area contributed by atoms with Gasteiger partial charge in [0.15, 0.2) is 0 Å². The molecule has 0 radical (unpaired) electrons. The van der Waals surface area contributed by atoms with Crippen LogP contribution in [0.3, 0.4) is 0 Å². The third kappa shape index (κ3) is 4.68. The molecule has 1 aromatic rings. The molecule has 0 aliphatic carbocycles. The van der Waals surface area contributed by atoms with E-state index in [4.69, 9.17) is 5.11 Å². The zero-order valence-corrected chi connectivity index (χ0v) is 12.3. The lowest BCUT2D eigenvalue weighted by molar-refractivity contribution is -0.383. The Kier molecular flexibility index (Phi) is 5.22. The van der Waals surface area contributed by atoms with Crippen molar-refractivity contribution in [3.8, 4) is 0 Å². The second kappa shape index (κ2) is 6.50. The molecule has 10 heteroatoms. The third-order valence-electron chi connectivity index (χ3n) is 2.64. The monoisotopic (exact) mass is 317 g/mol. The number of carbonyl (C=O) groups is 1. The predicted molar refractivity (Wildman–Crippen MR) is 75.3 cm³/mol. The number of anilines is 1. The lowest BCUT2D eigenvalue weighted by atomic mass is 10.2. The van der Waals surface area contributed by atoms with Gasteiger partial charge in [-0.05, 0) is 18.6 Å². The van der Waals surface area contributed by atoms with Gasteiger partial charge in [0.2, 0.25) is 0 Å². The average molecular weight is 317 g/mol. The third-order valence-corrected chi connectivity index (χ3v) is 4.12. The number of carboxylic acid groups (broad SMARTS) is 1. The van der Waals surface area contributed by atoms with Gasteiger partial charge >= 0.3 is 16.2 Å². The van der Waals surface area contributed by atoms with Crippen molar-refractivity contribution < 1.29 is 23.2 Å². The molecule has 0 heterocycles. The molecule has 0 saturated carbocycles. The Labute approximate surface area is 121 Å². The van der Waals surface area contributed by atoms with Crippen molar-refractivity contribution in [1.29, 1.82) is 0 Å². The number of hydrogen-bond donors (Lipinski definition) is 2. The first-order chi connectivity index (χ1) is 9.63. The zero-order chi connectivity index (χ0) is 16.2. The Bertz CT molecular complexity index is 658. The second-order valence-electron chi connectivity index (χ2n) is 4.35. The molecule has 0 aliphatic heterocycles. The maximum Gasteiger partial charge on any atom is 0.304 e. The summed E-state index contributed by atoms with van der Waals surface area (Å²) >= 11 is 0. The van der Waals surface area contributed by atoms with E-state index in [0.717, 1.165) is 4.31 Å². The summed E-state index contributed by atoms with van der Waals surface area (Å²) in [4.78, 5) is 20.6. The van der Waals surface area contributed by atoms with Crippen molar-refractivity contribution in [3.63, 3.8) is 0 Å². The van der Waals surface area contributed by atoms with Gasteiger partial charge in [-0.15, -0.1) is 0 Å². The van der Waals surface area contributed by atoms with E-state index in [9.17, 15) is 23.3 Å². The molecule has 0 bridgehead atoms. The fourth-order valence-electron chi connectivity index (χ4n) is 1.48. The summed E-state index contributed by atoms with van der Waals surface area (Å²) < 4.78 is 26.9. The Morgan fingerprint density at radius 3 is 2.62 bits per heavy atom. The number of hydrogen-bond acceptors (Lipinski definition) is 5. The normalized spacial score (nSPS) is 11.4. The first-order valence-corrected chi connectivity index (χ1v) is 7.28. The lowest BCUT2D eigenvalue weighted by Gasteiger charge is -2.17. The highest BCUT2D eigenvalue weighted by Gasteiger charge is 2.23. The number of nitrogens with one attached hydrogen (secondary N) is 1. The van der Waals surface area contributed by atoms with Crippen LogP contribution in [0.15, 0.2) is 18.2 Å². The number of aryl methyl sites for hydroxylation is 1. The number of rotatable bonds is 7. The van der Waals surface area contributed by atoms with Gasteiger partial charge in [-0.1, -0.05) is 6.07 Å². The summed E-state index contributed by atoms with van der Waals surface area (Å²) in [5.74, 6) is -1.14. The van der Waals surface area contributed by atoms with E-state index in [2.05, 4.69) is 4.72 Å². The number of benzene rings is 1. The molecule has 1 aromatic carbocycles. The number of nitro benzene ring substituents is 1. The highest BCUT2D eigenvalue weighted by Crippen LogP contribution is 2.26. The van der Waals surface area contributed by atoms with Crippen molar-refractivity contribution in [2.24, 2.45) is 0 Å². The SMILES string of the molecule is Cc1ccc([N+](=O)[O-])c(NS(=O)(=O)N(C)CCC(=O)O)c1. The molecule has 116 valence electrons. The van der Waals surface area contributed by atoms with Gasteiger partial charge in [0.05, 0.1) is 11.3 Å². The average Bonchev–Trinajstić information content (AvgIpc) is 2.34. The van der Waals surface area contributed by atoms with Crippen molar-refractivity contribution in [2.45, 2.75) is 13.3 Å². The van der Waals surface area contributed by atoms with Crippen LogP contribution in [0.4, 0.5) is 11.4 Å². The molecule has 0 atom stereocenters. The molecule has 0 aliphatic rings. The van der Waals surface area contributed by atoms with E-state index < -0.39 is 21.1 Å². The van der Waals surface area contributed by atoms with Crippen molar-refractivity contribution in [2.75, 3.05) is 18.3 Å². The van der Waals surface area contributed by atoms with Crippen molar-refractivity contribution >= 4 is 27.6 Å². The van der Waals surface area contributed by atoms with Crippen LogP contribution in [-0.4, -0.2) is 42.3 Å². The fraction of sp³-hybridized carbons (Fsp3) is 0.364. The highest BCUT2D eigenvalue weighted by molar-refractivity contribution is 7.90. The van der Waals surface area contributed by atoms with E-state index in [1.165, 1.54) is 25.2 Å². The minimum Gasteiger partial charge on any atom is -0.481 e. The maximum absolute atomic E-state index is 12.0. The van der Waals surface area contributed by atoms with Crippen LogP contribution >= 0.6 is 0 Å². The molecular weight excluding hydrogens is 302 g/mol. The van der Waals surface area contributed by atoms with E-state index in [1.807, 2.05) is 0 Å². The van der Waals surface area contributed by atoms with E-state index in [-0.39, 0.29) is 24.3 Å². The quantitative estimate of drug-likeness (QED) is 0.569. The summed E-state index contributed by atoms with van der Waals surface area (Å²) in [5, 5.41) is 19.4. The Balaban J connectivity index is 3.01. The van der Waals surface area contributed by atoms with Crippen molar-refractivity contribution in [3.05, 3.63) is 33.9 Å². The summed E-state index contributed by atoms with van der Waals surface area (Å²) in [6, 6.07) is 4.02. The van der Waals surface area contributed by atoms with Gasteiger partial charge in [-0.3, -0.25) is 19.6 Å². The van der Waals surface area contributed by atoms with Crippen LogP contribution in [0, 0.1) is 17.0 Å². The number of nitrogens with zero attached hydrogens (tertiary/aromatic N) is 2. The van der Waals surface area contributed by atoms with Crippen molar-refractivity contribution in [1.82, 2.24) is 4.31 Å². The van der Waals surface area contributed by atoms with Crippen LogP contribution in [0.1, 0.15) is 12.0 Å². The van der Waals surface area contributed by atoms with E-state index >= 15 is 0 Å². The van der Waals surface area contributed by atoms with Crippen LogP contribution in [0.2, 0.25) is 0 Å². The highest BCUT2D eigenvalue weighted by atomic mass is 32.2. The molecule has 1 rings (SSSR count). The smallest absolute Gasteiger partial charge is 0.304 e. The molecule has 0 fully saturated rings. The Hall–Kier alpha value is -2.20. The summed E-state index contributed by atoms with van der Waals surface area (Å²) in [6.07, 6.45) is -0.368. The van der Waals surface area contributed by atoms with Crippen LogP contribution in [0.5, 0.6) is 0 Å². The molecule has 0 saturated heterocycles. The largest absolute Gasteiger partial charge is 0.481 e. The van der Waals surface area contributed by atoms with Crippen LogP contribution in [-0.2, 0) is 15.0 Å². The topological polar surface area (TPSA) is 130 Å². The summed E-state index contributed by atoms with van der Waals surface area (Å²) in [7, 11) is -2.88. The standard InChI is InChI=1S/C11H15N3O6S/c1-8-3-4-10(14(17)18)9(7-8)12-21(19,20)13(2)6-5-11(15)16/h3-4,7,12H,5-6H2,1-2H3,(H,15,16). The van der Waals surface area contributed by atoms with Gasteiger partial charge in [0.25, 0.3) is 5.69 Å². The summed E-state index contributed by atoms with van der Waals surface area (Å²) in [6.45, 7) is 1.42. The second-order valence-corrected chi connectivity index (χ2v) is 6.13. The number of carboxylic acids is 1. The molecule has 0 unspecified atom stereocenters. The van der Waals surface area contributed by atoms with Gasteiger partial charge < -0.3 is 5.11 Å². The summed E-state index contributed by atoms with van der Waals surface area (Å²) in [5.41, 5.74) is 0.101. The Morgan fingerprint density at radius 1 is 1.48 bits per heavy atom. The number of nitro groups is 1. The first-order valence-electron chi connectivity index (χ1n) is 5.84. The first kappa shape index (κ1) is 16.9. The van der Waals surface area contributed by atoms with Crippen LogP contribution < -0.4 is 4.72 Å². The fourth-order valence-corrected chi connectivity index (χ4v) is 2.41. The minimum absolute atomic E-state index is 0.165.